The van der Waals surface area contributed by atoms with Crippen LogP contribution in [0.15, 0.2) is 54.7 Å². The van der Waals surface area contributed by atoms with Gasteiger partial charge in [0.15, 0.2) is 0 Å². The Kier molecular flexibility index (Phi) is 8.50. The van der Waals surface area contributed by atoms with Gasteiger partial charge < -0.3 is 14.5 Å². The maximum Gasteiger partial charge on any atom is 0.410 e. The summed E-state index contributed by atoms with van der Waals surface area (Å²) in [6.45, 7) is 15.0. The fourth-order valence-electron chi connectivity index (χ4n) is 5.93. The Morgan fingerprint density at radius 1 is 0.902 bits per heavy atom. The van der Waals surface area contributed by atoms with Gasteiger partial charge in [-0.05, 0) is 64.7 Å². The van der Waals surface area contributed by atoms with E-state index in [2.05, 4.69) is 61.2 Å². The monoisotopic (exact) mass is 557 g/mol. The van der Waals surface area contributed by atoms with E-state index in [-0.39, 0.29) is 17.9 Å². The van der Waals surface area contributed by atoms with Crippen LogP contribution in [-0.4, -0.2) is 81.4 Å². The quantitative estimate of drug-likeness (QED) is 0.411. The summed E-state index contributed by atoms with van der Waals surface area (Å²) in [5.41, 5.74) is 5.70. The molecule has 0 spiro atoms. The molecular weight excluding hydrogens is 514 g/mol. The third-order valence-corrected chi connectivity index (χ3v) is 8.06. The van der Waals surface area contributed by atoms with Gasteiger partial charge in [-0.15, -0.1) is 0 Å². The number of carbonyl (C=O) groups excluding carboxylic acids is 2. The number of amides is 2. The minimum atomic E-state index is -0.528. The number of nitrogens with zero attached hydrogens (tertiary/aromatic N) is 5. The van der Waals surface area contributed by atoms with Crippen LogP contribution in [0.2, 0.25) is 0 Å². The lowest BCUT2D eigenvalue weighted by Crippen LogP contribution is -2.48. The van der Waals surface area contributed by atoms with Crippen molar-refractivity contribution in [2.45, 2.75) is 65.5 Å². The molecule has 0 N–H and O–H groups in total. The lowest BCUT2D eigenvalue weighted by atomic mass is 9.90. The highest BCUT2D eigenvalue weighted by atomic mass is 16.6. The van der Waals surface area contributed by atoms with E-state index in [1.54, 1.807) is 11.1 Å². The van der Waals surface area contributed by atoms with Gasteiger partial charge in [-0.25, -0.2) is 9.48 Å². The molecule has 2 fully saturated rings. The molecule has 41 heavy (non-hydrogen) atoms. The van der Waals surface area contributed by atoms with Crippen molar-refractivity contribution < 1.29 is 14.3 Å². The van der Waals surface area contributed by atoms with Gasteiger partial charge in [0.1, 0.15) is 5.60 Å². The van der Waals surface area contributed by atoms with Crippen molar-refractivity contribution in [1.29, 1.82) is 0 Å². The molecule has 8 heteroatoms. The van der Waals surface area contributed by atoms with E-state index >= 15 is 0 Å². The predicted octanol–water partition coefficient (Wildman–Crippen LogP) is 5.56. The lowest BCUT2D eigenvalue weighted by Gasteiger charge is -2.36. The Morgan fingerprint density at radius 2 is 1.59 bits per heavy atom. The van der Waals surface area contributed by atoms with E-state index in [1.807, 2.05) is 36.4 Å². The second-order valence-electron chi connectivity index (χ2n) is 12.4. The van der Waals surface area contributed by atoms with Gasteiger partial charge >= 0.3 is 6.09 Å². The van der Waals surface area contributed by atoms with Gasteiger partial charge in [0.25, 0.3) is 5.91 Å². The Labute approximate surface area is 243 Å². The number of likely N-dealkylation sites (tertiary alicyclic amines) is 1. The number of piperazine rings is 1. The Hall–Kier alpha value is -3.65. The summed E-state index contributed by atoms with van der Waals surface area (Å²) in [6.07, 6.45) is 2.98. The van der Waals surface area contributed by atoms with E-state index in [0.717, 1.165) is 49.4 Å². The van der Waals surface area contributed by atoms with Gasteiger partial charge in [0, 0.05) is 51.7 Å². The van der Waals surface area contributed by atoms with E-state index in [1.165, 1.54) is 11.1 Å². The molecule has 3 heterocycles. The van der Waals surface area contributed by atoms with Crippen molar-refractivity contribution >= 4 is 12.0 Å². The molecule has 2 aromatic carbocycles. The van der Waals surface area contributed by atoms with Crippen LogP contribution in [0, 0.1) is 13.8 Å². The van der Waals surface area contributed by atoms with Crippen molar-refractivity contribution in [3.63, 3.8) is 0 Å². The molecule has 218 valence electrons. The first-order valence-corrected chi connectivity index (χ1v) is 14.8. The van der Waals surface area contributed by atoms with Crippen LogP contribution in [0.5, 0.6) is 0 Å². The first-order chi connectivity index (χ1) is 19.6. The van der Waals surface area contributed by atoms with Crippen molar-refractivity contribution in [3.8, 4) is 5.69 Å². The predicted molar refractivity (Wildman–Crippen MR) is 160 cm³/mol. The molecule has 8 nitrogen and oxygen atoms in total. The van der Waals surface area contributed by atoms with Crippen LogP contribution in [0.4, 0.5) is 4.79 Å². The van der Waals surface area contributed by atoms with E-state index in [9.17, 15) is 9.59 Å². The van der Waals surface area contributed by atoms with Gasteiger partial charge in [0.05, 0.1) is 23.1 Å². The second kappa shape index (κ2) is 12.1. The SMILES string of the molecule is Cc1ccc(-n2ncc(C(=O)N3CCN(Cc4ccccc4)CC3)c2C2CCN(C(=O)OC(C)(C)C)CC2)c(C)c1. The van der Waals surface area contributed by atoms with Gasteiger partial charge in [-0.3, -0.25) is 9.69 Å². The zero-order valence-corrected chi connectivity index (χ0v) is 25.1. The van der Waals surface area contributed by atoms with Crippen LogP contribution in [0.25, 0.3) is 5.69 Å². The highest BCUT2D eigenvalue weighted by Crippen LogP contribution is 2.34. The molecule has 2 saturated heterocycles. The molecule has 0 radical (unpaired) electrons. The third kappa shape index (κ3) is 6.81. The minimum absolute atomic E-state index is 0.0462. The molecule has 2 aliphatic rings. The molecule has 0 atom stereocenters. The largest absolute Gasteiger partial charge is 0.444 e. The number of piperidine rings is 1. The molecule has 1 aromatic heterocycles. The van der Waals surface area contributed by atoms with E-state index in [0.29, 0.717) is 31.7 Å². The number of rotatable bonds is 5. The molecule has 2 aliphatic heterocycles. The van der Waals surface area contributed by atoms with Crippen molar-refractivity contribution in [2.75, 3.05) is 39.3 Å². The first-order valence-electron chi connectivity index (χ1n) is 14.8. The number of ether oxygens (including phenoxy) is 1. The Balaban J connectivity index is 1.35. The third-order valence-electron chi connectivity index (χ3n) is 8.06. The van der Waals surface area contributed by atoms with Crippen LogP contribution in [0.1, 0.15) is 72.3 Å². The topological polar surface area (TPSA) is 70.9 Å². The molecule has 3 aromatic rings. The molecular formula is C33H43N5O3. The summed E-state index contributed by atoms with van der Waals surface area (Å²) in [5, 5.41) is 4.79. The minimum Gasteiger partial charge on any atom is -0.444 e. The van der Waals surface area contributed by atoms with Crippen molar-refractivity contribution in [2.24, 2.45) is 0 Å². The number of aryl methyl sites for hydroxylation is 2. The molecule has 0 saturated carbocycles. The fourth-order valence-corrected chi connectivity index (χ4v) is 5.93. The maximum atomic E-state index is 14.0. The van der Waals surface area contributed by atoms with Crippen LogP contribution < -0.4 is 0 Å². The number of hydrogen-bond acceptors (Lipinski definition) is 5. The maximum absolute atomic E-state index is 14.0. The van der Waals surface area contributed by atoms with E-state index in [4.69, 9.17) is 9.84 Å². The lowest BCUT2D eigenvalue weighted by molar-refractivity contribution is 0.0202. The summed E-state index contributed by atoms with van der Waals surface area (Å²) in [5.74, 6) is 0.153. The summed E-state index contributed by atoms with van der Waals surface area (Å²) in [7, 11) is 0. The summed E-state index contributed by atoms with van der Waals surface area (Å²) < 4.78 is 7.59. The zero-order chi connectivity index (χ0) is 29.1. The van der Waals surface area contributed by atoms with Crippen LogP contribution in [-0.2, 0) is 11.3 Å². The van der Waals surface area contributed by atoms with Gasteiger partial charge in [-0.1, -0.05) is 48.0 Å². The zero-order valence-electron chi connectivity index (χ0n) is 25.1. The molecule has 0 unspecified atom stereocenters. The highest BCUT2D eigenvalue weighted by molar-refractivity contribution is 5.95. The van der Waals surface area contributed by atoms with Gasteiger partial charge in [0.2, 0.25) is 0 Å². The van der Waals surface area contributed by atoms with E-state index < -0.39 is 5.60 Å². The molecule has 2 amide bonds. The summed E-state index contributed by atoms with van der Waals surface area (Å²) in [6, 6.07) is 16.8. The number of benzene rings is 2. The van der Waals surface area contributed by atoms with Crippen LogP contribution in [0.3, 0.4) is 0 Å². The number of carbonyl (C=O) groups is 2. The summed E-state index contributed by atoms with van der Waals surface area (Å²) >= 11 is 0. The molecule has 5 rings (SSSR count). The number of hydrogen-bond donors (Lipinski definition) is 0. The normalized spacial score (nSPS) is 17.1. The second-order valence-corrected chi connectivity index (χ2v) is 12.4. The van der Waals surface area contributed by atoms with Gasteiger partial charge in [-0.2, -0.15) is 5.10 Å². The molecule has 0 aliphatic carbocycles. The Bertz CT molecular complexity index is 1360. The Morgan fingerprint density at radius 3 is 2.22 bits per heavy atom. The fraction of sp³-hybridized carbons (Fsp3) is 0.485. The average Bonchev–Trinajstić information content (AvgIpc) is 3.37. The standard InChI is InChI=1S/C33H43N5O3/c1-24-11-12-29(25(2)21-24)38-30(27-13-15-37(16-14-27)32(40)41-33(3,4)5)28(22-34-38)31(39)36-19-17-35(18-20-36)23-26-9-7-6-8-10-26/h6-12,21-22,27H,13-20,23H2,1-5H3. The average molecular weight is 558 g/mol. The highest BCUT2D eigenvalue weighted by Gasteiger charge is 2.34. The number of aromatic nitrogens is 2. The summed E-state index contributed by atoms with van der Waals surface area (Å²) in [4.78, 5) is 32.9. The smallest absolute Gasteiger partial charge is 0.410 e. The van der Waals surface area contributed by atoms with Crippen LogP contribution >= 0.6 is 0 Å². The molecule has 0 bridgehead atoms. The van der Waals surface area contributed by atoms with Crippen molar-refractivity contribution in [3.05, 3.63) is 82.7 Å². The first kappa shape index (κ1) is 28.9. The van der Waals surface area contributed by atoms with Crippen molar-refractivity contribution in [1.82, 2.24) is 24.5 Å².